The van der Waals surface area contributed by atoms with Crippen LogP contribution in [-0.2, 0) is 13.2 Å². The Hall–Kier alpha value is 0.120. The van der Waals surface area contributed by atoms with E-state index in [4.69, 9.17) is 4.74 Å². The van der Waals surface area contributed by atoms with Crippen molar-refractivity contribution in [3.05, 3.63) is 47.4 Å². The van der Waals surface area contributed by atoms with Crippen molar-refractivity contribution in [1.82, 2.24) is 5.32 Å². The Morgan fingerprint density at radius 1 is 1.14 bits per heavy atom. The van der Waals surface area contributed by atoms with Gasteiger partial charge in [-0.05, 0) is 84.4 Å². The number of nitrogens with one attached hydrogen (secondary N) is 1. The van der Waals surface area contributed by atoms with Crippen molar-refractivity contribution < 1.29 is 4.74 Å². The smallest absolute Gasteiger partial charge is 0.148 e. The maximum atomic E-state index is 5.94. The number of benzene rings is 1. The molecule has 1 heterocycles. The Balaban J connectivity index is 1.66. The minimum atomic E-state index is 0.577. The normalized spacial score (nSPS) is 14.4. The van der Waals surface area contributed by atoms with Gasteiger partial charge in [0, 0.05) is 27.3 Å². The molecule has 0 bridgehead atoms. The summed E-state index contributed by atoms with van der Waals surface area (Å²) >= 11 is 12.4. The molecule has 0 aliphatic heterocycles. The van der Waals surface area contributed by atoms with E-state index in [2.05, 4.69) is 76.7 Å². The molecule has 0 saturated heterocycles. The molecular weight excluding hydrogens is 482 g/mol. The standard InChI is InChI=1S/C15H14Br3NOS/c16-10-5-12(21-8-10)7-20-15-13(17)3-9(4-14(15)18)6-19-11-1-2-11/h3-5,8,11,19H,1-2,6-7H2. The molecule has 1 aromatic heterocycles. The van der Waals surface area contributed by atoms with Gasteiger partial charge in [0.2, 0.25) is 0 Å². The first-order valence-electron chi connectivity index (χ1n) is 6.69. The second-order valence-electron chi connectivity index (χ2n) is 5.06. The molecule has 6 heteroatoms. The van der Waals surface area contributed by atoms with Crippen molar-refractivity contribution >= 4 is 59.1 Å². The molecule has 0 radical (unpaired) electrons. The van der Waals surface area contributed by atoms with E-state index in [0.29, 0.717) is 6.61 Å². The summed E-state index contributed by atoms with van der Waals surface area (Å²) in [5.74, 6) is 0.856. The molecule has 21 heavy (non-hydrogen) atoms. The molecule has 1 aliphatic rings. The molecule has 1 fully saturated rings. The summed E-state index contributed by atoms with van der Waals surface area (Å²) in [6.07, 6.45) is 2.61. The minimum Gasteiger partial charge on any atom is -0.486 e. The fourth-order valence-corrected chi connectivity index (χ4v) is 4.85. The van der Waals surface area contributed by atoms with Gasteiger partial charge in [0.25, 0.3) is 0 Å². The molecule has 1 N–H and O–H groups in total. The highest BCUT2D eigenvalue weighted by atomic mass is 79.9. The topological polar surface area (TPSA) is 21.3 Å². The van der Waals surface area contributed by atoms with Crippen molar-refractivity contribution in [1.29, 1.82) is 0 Å². The lowest BCUT2D eigenvalue weighted by Gasteiger charge is -2.12. The summed E-state index contributed by atoms with van der Waals surface area (Å²) in [6.45, 7) is 1.48. The van der Waals surface area contributed by atoms with Crippen LogP contribution >= 0.6 is 59.1 Å². The molecule has 2 aromatic rings. The van der Waals surface area contributed by atoms with E-state index in [1.54, 1.807) is 11.3 Å². The van der Waals surface area contributed by atoms with Crippen molar-refractivity contribution in [2.75, 3.05) is 0 Å². The lowest BCUT2D eigenvalue weighted by Crippen LogP contribution is -2.15. The second kappa shape index (κ2) is 7.13. The van der Waals surface area contributed by atoms with Gasteiger partial charge >= 0.3 is 0 Å². The fourth-order valence-electron chi connectivity index (χ4n) is 1.97. The van der Waals surface area contributed by atoms with E-state index >= 15 is 0 Å². The predicted molar refractivity (Wildman–Crippen MR) is 98.1 cm³/mol. The van der Waals surface area contributed by atoms with Gasteiger partial charge in [-0.2, -0.15) is 0 Å². The van der Waals surface area contributed by atoms with Gasteiger partial charge in [0.15, 0.2) is 0 Å². The van der Waals surface area contributed by atoms with Crippen molar-refractivity contribution in [2.45, 2.75) is 32.0 Å². The van der Waals surface area contributed by atoms with Crippen LogP contribution in [0.3, 0.4) is 0 Å². The van der Waals surface area contributed by atoms with E-state index < -0.39 is 0 Å². The van der Waals surface area contributed by atoms with Gasteiger partial charge in [-0.15, -0.1) is 11.3 Å². The van der Waals surface area contributed by atoms with E-state index in [1.807, 2.05) is 0 Å². The first kappa shape index (κ1) is 16.0. The molecule has 1 saturated carbocycles. The highest BCUT2D eigenvalue weighted by Gasteiger charge is 2.20. The molecule has 2 nitrogen and oxygen atoms in total. The number of thiophene rings is 1. The maximum absolute atomic E-state index is 5.94. The van der Waals surface area contributed by atoms with Gasteiger partial charge in [-0.1, -0.05) is 0 Å². The van der Waals surface area contributed by atoms with Gasteiger partial charge in [0.05, 0.1) is 8.95 Å². The highest BCUT2D eigenvalue weighted by molar-refractivity contribution is 9.11. The molecule has 0 amide bonds. The van der Waals surface area contributed by atoms with Crippen LogP contribution in [0.25, 0.3) is 0 Å². The Labute approximate surface area is 153 Å². The Bertz CT molecular complexity index is 617. The number of hydrogen-bond acceptors (Lipinski definition) is 3. The van der Waals surface area contributed by atoms with Gasteiger partial charge in [-0.25, -0.2) is 0 Å². The van der Waals surface area contributed by atoms with Crippen molar-refractivity contribution in [3.8, 4) is 5.75 Å². The van der Waals surface area contributed by atoms with Gasteiger partial charge < -0.3 is 10.1 Å². The molecule has 1 aliphatic carbocycles. The van der Waals surface area contributed by atoms with Gasteiger partial charge in [0.1, 0.15) is 12.4 Å². The van der Waals surface area contributed by atoms with Crippen LogP contribution in [0, 0.1) is 0 Å². The van der Waals surface area contributed by atoms with Crippen LogP contribution < -0.4 is 10.1 Å². The van der Waals surface area contributed by atoms with Crippen LogP contribution in [0.15, 0.2) is 37.0 Å². The van der Waals surface area contributed by atoms with Crippen LogP contribution in [-0.4, -0.2) is 6.04 Å². The number of ether oxygens (including phenoxy) is 1. The van der Waals surface area contributed by atoms with Crippen LogP contribution in [0.4, 0.5) is 0 Å². The average molecular weight is 496 g/mol. The summed E-state index contributed by atoms with van der Waals surface area (Å²) in [5.41, 5.74) is 1.26. The fraction of sp³-hybridized carbons (Fsp3) is 0.333. The largest absolute Gasteiger partial charge is 0.486 e. The van der Waals surface area contributed by atoms with E-state index in [1.165, 1.54) is 23.3 Å². The second-order valence-corrected chi connectivity index (χ2v) is 8.68. The van der Waals surface area contributed by atoms with E-state index in [9.17, 15) is 0 Å². The molecular formula is C15H14Br3NOS. The highest BCUT2D eigenvalue weighted by Crippen LogP contribution is 2.36. The lowest BCUT2D eigenvalue weighted by molar-refractivity contribution is 0.305. The van der Waals surface area contributed by atoms with Gasteiger partial charge in [-0.3, -0.25) is 0 Å². The third-order valence-corrected chi connectivity index (χ3v) is 6.06. The van der Waals surface area contributed by atoms with Crippen molar-refractivity contribution in [3.63, 3.8) is 0 Å². The Morgan fingerprint density at radius 2 is 1.86 bits per heavy atom. The summed E-state index contributed by atoms with van der Waals surface area (Å²) in [6, 6.07) is 7.05. The SMILES string of the molecule is Brc1csc(COc2c(Br)cc(CNC3CC3)cc2Br)c1. The first-order chi connectivity index (χ1) is 10.1. The summed E-state index contributed by atoms with van der Waals surface area (Å²) < 4.78 is 9.01. The molecule has 0 atom stereocenters. The molecule has 0 unspecified atom stereocenters. The minimum absolute atomic E-state index is 0.577. The summed E-state index contributed by atoms with van der Waals surface area (Å²) in [7, 11) is 0. The van der Waals surface area contributed by atoms with E-state index in [0.717, 1.165) is 31.8 Å². The Morgan fingerprint density at radius 3 is 2.43 bits per heavy atom. The molecule has 0 spiro atoms. The monoisotopic (exact) mass is 493 g/mol. The predicted octanol–water partition coefficient (Wildman–Crippen LogP) is 5.87. The Kier molecular flexibility index (Phi) is 5.43. The van der Waals surface area contributed by atoms with Crippen LogP contribution in [0.2, 0.25) is 0 Å². The van der Waals surface area contributed by atoms with Crippen LogP contribution in [0.1, 0.15) is 23.3 Å². The van der Waals surface area contributed by atoms with Crippen molar-refractivity contribution in [2.24, 2.45) is 0 Å². The number of hydrogen-bond donors (Lipinski definition) is 1. The third kappa shape index (κ3) is 4.55. The molecule has 112 valence electrons. The zero-order valence-corrected chi connectivity index (χ0v) is 16.7. The average Bonchev–Trinajstić information content (AvgIpc) is 3.17. The zero-order chi connectivity index (χ0) is 14.8. The third-order valence-electron chi connectivity index (χ3n) is 3.21. The zero-order valence-electron chi connectivity index (χ0n) is 11.2. The summed E-state index contributed by atoms with van der Waals surface area (Å²) in [4.78, 5) is 1.19. The lowest BCUT2D eigenvalue weighted by atomic mass is 10.2. The maximum Gasteiger partial charge on any atom is 0.148 e. The number of halogens is 3. The first-order valence-corrected chi connectivity index (χ1v) is 9.94. The molecule has 3 rings (SSSR count). The summed E-state index contributed by atoms with van der Waals surface area (Å²) in [5, 5.41) is 5.59. The molecule has 1 aromatic carbocycles. The quantitative estimate of drug-likeness (QED) is 0.541. The van der Waals surface area contributed by atoms with Crippen LogP contribution in [0.5, 0.6) is 5.75 Å². The number of rotatable bonds is 6. The van der Waals surface area contributed by atoms with E-state index in [-0.39, 0.29) is 0 Å².